The van der Waals surface area contributed by atoms with Crippen LogP contribution in [0.5, 0.6) is 11.5 Å². The lowest BCUT2D eigenvalue weighted by Crippen LogP contribution is -2.39. The number of allylic oxidation sites excluding steroid dienone is 1. The fourth-order valence-electron chi connectivity index (χ4n) is 3.72. The van der Waals surface area contributed by atoms with Crippen LogP contribution in [0.15, 0.2) is 66.4 Å². The summed E-state index contributed by atoms with van der Waals surface area (Å²) < 4.78 is 13.9. The van der Waals surface area contributed by atoms with Crippen LogP contribution in [0.3, 0.4) is 0 Å². The maximum atomic E-state index is 13.6. The molecule has 1 atom stereocenters. The number of benzene rings is 2. The van der Waals surface area contributed by atoms with Crippen molar-refractivity contribution < 1.29 is 19.4 Å². The summed E-state index contributed by atoms with van der Waals surface area (Å²) in [5, 5.41) is 9.77. The maximum absolute atomic E-state index is 13.6. The number of nitrogens with zero attached hydrogens (tertiary/aromatic N) is 2. The number of hydrogen-bond donors (Lipinski definition) is 1. The first-order valence-electron chi connectivity index (χ1n) is 10.3. The number of aromatic nitrogens is 1. The highest BCUT2D eigenvalue weighted by molar-refractivity contribution is 9.10. The van der Waals surface area contributed by atoms with Crippen LogP contribution in [0.2, 0.25) is 0 Å². The zero-order valence-electron chi connectivity index (χ0n) is 18.5. The van der Waals surface area contributed by atoms with E-state index in [0.717, 1.165) is 5.56 Å². The van der Waals surface area contributed by atoms with Gasteiger partial charge in [0.25, 0.3) is 5.56 Å². The number of esters is 1. The van der Waals surface area contributed by atoms with Crippen molar-refractivity contribution in [1.82, 2.24) is 4.57 Å². The average molecular weight is 608 g/mol. The van der Waals surface area contributed by atoms with E-state index >= 15 is 0 Å². The molecule has 0 unspecified atom stereocenters. The molecule has 7 nitrogen and oxygen atoms in total. The summed E-state index contributed by atoms with van der Waals surface area (Å²) >= 11 is 8.04. The van der Waals surface area contributed by atoms with E-state index in [1.165, 1.54) is 15.9 Å². The molecule has 0 spiro atoms. The molecule has 1 aromatic heterocycles. The lowest BCUT2D eigenvalue weighted by Gasteiger charge is -2.25. The number of hydrogen-bond acceptors (Lipinski definition) is 7. The minimum Gasteiger partial charge on any atom is -0.507 e. The summed E-state index contributed by atoms with van der Waals surface area (Å²) in [6.45, 7) is 3.68. The van der Waals surface area contributed by atoms with Crippen LogP contribution in [0, 0.1) is 0 Å². The molecule has 1 aliphatic rings. The number of phenols is 1. The van der Waals surface area contributed by atoms with Crippen molar-refractivity contribution in [3.8, 4) is 11.5 Å². The van der Waals surface area contributed by atoms with Gasteiger partial charge < -0.3 is 14.6 Å². The Balaban J connectivity index is 1.96. The van der Waals surface area contributed by atoms with Crippen LogP contribution in [-0.2, 0) is 9.53 Å². The SMILES string of the molecule is CCOC(=O)C1=C(C)N=c2s/c(=C/c3ccc(O)c(Br)c3)c(=O)n2[C@@H]1c1ccc(OC)c(Br)c1. The molecule has 10 heteroatoms. The summed E-state index contributed by atoms with van der Waals surface area (Å²) in [4.78, 5) is 31.6. The third-order valence-corrected chi connectivity index (χ3v) is 7.52. The third kappa shape index (κ3) is 4.49. The van der Waals surface area contributed by atoms with Crippen molar-refractivity contribution in [2.75, 3.05) is 13.7 Å². The molecule has 0 amide bonds. The molecule has 4 rings (SSSR count). The van der Waals surface area contributed by atoms with Crippen LogP contribution >= 0.6 is 43.2 Å². The summed E-state index contributed by atoms with van der Waals surface area (Å²) in [6.07, 6.45) is 1.73. The van der Waals surface area contributed by atoms with E-state index in [4.69, 9.17) is 9.47 Å². The van der Waals surface area contributed by atoms with Crippen molar-refractivity contribution in [1.29, 1.82) is 0 Å². The Morgan fingerprint density at radius 3 is 2.65 bits per heavy atom. The molecule has 0 saturated carbocycles. The fourth-order valence-corrected chi connectivity index (χ4v) is 5.73. The average Bonchev–Trinajstić information content (AvgIpc) is 3.09. The van der Waals surface area contributed by atoms with Gasteiger partial charge in [0.15, 0.2) is 4.80 Å². The van der Waals surface area contributed by atoms with Gasteiger partial charge in [-0.3, -0.25) is 9.36 Å². The van der Waals surface area contributed by atoms with E-state index in [0.29, 0.717) is 40.9 Å². The van der Waals surface area contributed by atoms with Gasteiger partial charge in [0.1, 0.15) is 11.5 Å². The Labute approximate surface area is 215 Å². The Kier molecular flexibility index (Phi) is 7.11. The van der Waals surface area contributed by atoms with Crippen molar-refractivity contribution >= 4 is 55.2 Å². The first kappa shape index (κ1) is 24.4. The number of aromatic hydroxyl groups is 1. The van der Waals surface area contributed by atoms with Crippen LogP contribution in [-0.4, -0.2) is 29.4 Å². The van der Waals surface area contributed by atoms with Gasteiger partial charge in [-0.15, -0.1) is 0 Å². The quantitative estimate of drug-likeness (QED) is 0.442. The lowest BCUT2D eigenvalue weighted by atomic mass is 9.96. The highest BCUT2D eigenvalue weighted by Crippen LogP contribution is 2.35. The topological polar surface area (TPSA) is 90.1 Å². The van der Waals surface area contributed by atoms with E-state index in [9.17, 15) is 14.7 Å². The fraction of sp³-hybridized carbons (Fsp3) is 0.208. The van der Waals surface area contributed by atoms with Crippen LogP contribution in [0.1, 0.15) is 31.0 Å². The van der Waals surface area contributed by atoms with Crippen molar-refractivity contribution in [3.05, 3.63) is 87.4 Å². The molecular formula is C24H20Br2N2O5S. The Hall–Kier alpha value is -2.69. The first-order valence-corrected chi connectivity index (χ1v) is 12.7. The second-order valence-electron chi connectivity index (χ2n) is 7.41. The number of rotatable bonds is 5. The van der Waals surface area contributed by atoms with Crippen LogP contribution in [0.4, 0.5) is 0 Å². The van der Waals surface area contributed by atoms with Crippen molar-refractivity contribution in [2.24, 2.45) is 4.99 Å². The summed E-state index contributed by atoms with van der Waals surface area (Å²) in [6, 6.07) is 9.70. The zero-order chi connectivity index (χ0) is 24.6. The molecule has 2 heterocycles. The number of carbonyl (C=O) groups is 1. The van der Waals surface area contributed by atoms with E-state index in [2.05, 4.69) is 36.9 Å². The summed E-state index contributed by atoms with van der Waals surface area (Å²) in [7, 11) is 1.57. The molecule has 3 aromatic rings. The predicted molar refractivity (Wildman–Crippen MR) is 137 cm³/mol. The molecule has 1 N–H and O–H groups in total. The third-order valence-electron chi connectivity index (χ3n) is 5.28. The van der Waals surface area contributed by atoms with Gasteiger partial charge >= 0.3 is 5.97 Å². The number of fused-ring (bicyclic) bond motifs is 1. The number of thiazole rings is 1. The smallest absolute Gasteiger partial charge is 0.338 e. The van der Waals surface area contributed by atoms with E-state index < -0.39 is 12.0 Å². The first-order chi connectivity index (χ1) is 16.2. The van der Waals surface area contributed by atoms with Gasteiger partial charge in [-0.25, -0.2) is 9.79 Å². The summed E-state index contributed by atoms with van der Waals surface area (Å²) in [5.41, 5.74) is 1.98. The van der Waals surface area contributed by atoms with Gasteiger partial charge in [-0.2, -0.15) is 0 Å². The normalized spacial score (nSPS) is 15.7. The van der Waals surface area contributed by atoms with Gasteiger partial charge in [0, 0.05) is 0 Å². The van der Waals surface area contributed by atoms with Gasteiger partial charge in [0.2, 0.25) is 0 Å². The van der Waals surface area contributed by atoms with E-state index in [-0.39, 0.29) is 17.9 Å². The second-order valence-corrected chi connectivity index (χ2v) is 10.1. The molecule has 176 valence electrons. The number of phenolic OH excluding ortho intramolecular Hbond substituents is 1. The molecule has 0 saturated heterocycles. The lowest BCUT2D eigenvalue weighted by molar-refractivity contribution is -0.139. The molecule has 0 bridgehead atoms. The molecule has 0 fully saturated rings. The number of carbonyl (C=O) groups excluding carboxylic acids is 1. The van der Waals surface area contributed by atoms with Crippen LogP contribution in [0.25, 0.3) is 6.08 Å². The highest BCUT2D eigenvalue weighted by Gasteiger charge is 2.33. The van der Waals surface area contributed by atoms with Gasteiger partial charge in [0.05, 0.1) is 44.5 Å². The Morgan fingerprint density at radius 1 is 1.24 bits per heavy atom. The number of ether oxygens (including phenoxy) is 2. The zero-order valence-corrected chi connectivity index (χ0v) is 22.5. The van der Waals surface area contributed by atoms with Crippen molar-refractivity contribution in [3.63, 3.8) is 0 Å². The predicted octanol–water partition coefficient (Wildman–Crippen LogP) is 4.04. The summed E-state index contributed by atoms with van der Waals surface area (Å²) in [5.74, 6) is 0.225. The van der Waals surface area contributed by atoms with E-state index in [1.807, 2.05) is 12.1 Å². The van der Waals surface area contributed by atoms with Crippen molar-refractivity contribution in [2.45, 2.75) is 19.9 Å². The van der Waals surface area contributed by atoms with E-state index in [1.54, 1.807) is 51.3 Å². The Morgan fingerprint density at radius 2 is 2.00 bits per heavy atom. The highest BCUT2D eigenvalue weighted by atomic mass is 79.9. The molecule has 2 aromatic carbocycles. The maximum Gasteiger partial charge on any atom is 0.338 e. The molecule has 0 aliphatic carbocycles. The number of halogens is 2. The molecule has 0 radical (unpaired) electrons. The molecular weight excluding hydrogens is 588 g/mol. The molecule has 1 aliphatic heterocycles. The standard InChI is InChI=1S/C24H20Br2N2O5S/c1-4-33-23(31)20-12(2)27-24-28(21(20)14-6-8-18(32-3)16(26)11-14)22(30)19(34-24)10-13-5-7-17(29)15(25)9-13/h5-11,21,29H,4H2,1-3H3/b19-10+/t21-/m1/s1. The van der Waals surface area contributed by atoms with Gasteiger partial charge in [-0.05, 0) is 87.2 Å². The van der Waals surface area contributed by atoms with Gasteiger partial charge in [-0.1, -0.05) is 23.5 Å². The Bertz CT molecular complexity index is 1510. The second kappa shape index (κ2) is 9.89. The monoisotopic (exact) mass is 606 g/mol. The molecule has 34 heavy (non-hydrogen) atoms. The minimum absolute atomic E-state index is 0.110. The minimum atomic E-state index is -0.716. The van der Waals surface area contributed by atoms with Crippen LogP contribution < -0.4 is 19.6 Å². The largest absolute Gasteiger partial charge is 0.507 e. The number of methoxy groups -OCH3 is 1.